The van der Waals surface area contributed by atoms with Crippen LogP contribution in [0.4, 0.5) is 5.69 Å². The van der Waals surface area contributed by atoms with E-state index in [0.29, 0.717) is 17.1 Å². The molecular formula is C24H24IN5O. The molecule has 7 heteroatoms. The van der Waals surface area contributed by atoms with E-state index in [0.717, 1.165) is 47.3 Å². The molecule has 0 radical (unpaired) electrons. The van der Waals surface area contributed by atoms with Crippen LogP contribution < -0.4 is 10.2 Å². The number of anilines is 1. The maximum atomic E-state index is 12.8. The van der Waals surface area contributed by atoms with Crippen LogP contribution in [0.2, 0.25) is 0 Å². The van der Waals surface area contributed by atoms with Gasteiger partial charge in [0.05, 0.1) is 16.6 Å². The molecule has 0 saturated carbocycles. The van der Waals surface area contributed by atoms with E-state index in [4.69, 9.17) is 9.97 Å². The third kappa shape index (κ3) is 3.17. The molecule has 1 atom stereocenters. The number of amides is 1. The number of imidazole rings is 1. The molecule has 158 valence electrons. The summed E-state index contributed by atoms with van der Waals surface area (Å²) < 4.78 is 3.23. The molecule has 5 rings (SSSR count). The standard InChI is InChI=1S/C24H24IN5O/c1-13-9-19-21(10-14(13)2)30-22-17(11-18(23(30)28-19)24(31)26-4)20(5-7-27-22)29-8-6-16(12-29)15(3)25/h5,7,9-11,16H,3,6,8,12H2,1-2,4H3,(H,26,31). The van der Waals surface area contributed by atoms with Crippen molar-refractivity contribution in [3.8, 4) is 0 Å². The zero-order valence-electron chi connectivity index (χ0n) is 17.9. The van der Waals surface area contributed by atoms with Crippen molar-refractivity contribution in [2.24, 2.45) is 5.92 Å². The van der Waals surface area contributed by atoms with Gasteiger partial charge in [0.1, 0.15) is 5.65 Å². The summed E-state index contributed by atoms with van der Waals surface area (Å²) >= 11 is 2.34. The molecule has 1 aliphatic heterocycles. The van der Waals surface area contributed by atoms with Gasteiger partial charge >= 0.3 is 0 Å². The second-order valence-electron chi connectivity index (χ2n) is 8.28. The first-order chi connectivity index (χ1) is 14.9. The maximum Gasteiger partial charge on any atom is 0.254 e. The number of pyridine rings is 2. The van der Waals surface area contributed by atoms with Gasteiger partial charge in [0.25, 0.3) is 5.91 Å². The maximum absolute atomic E-state index is 12.8. The fourth-order valence-corrected chi connectivity index (χ4v) is 5.03. The van der Waals surface area contributed by atoms with Crippen LogP contribution in [0.5, 0.6) is 0 Å². The molecular weight excluding hydrogens is 501 g/mol. The number of aromatic nitrogens is 3. The number of hydrogen-bond donors (Lipinski definition) is 1. The number of nitrogens with one attached hydrogen (secondary N) is 1. The predicted octanol–water partition coefficient (Wildman–Crippen LogP) is 4.79. The lowest BCUT2D eigenvalue weighted by molar-refractivity contribution is 0.0964. The molecule has 6 nitrogen and oxygen atoms in total. The van der Waals surface area contributed by atoms with E-state index >= 15 is 0 Å². The smallest absolute Gasteiger partial charge is 0.254 e. The summed E-state index contributed by atoms with van der Waals surface area (Å²) in [6, 6.07) is 8.22. The van der Waals surface area contributed by atoms with Gasteiger partial charge in [-0.3, -0.25) is 9.20 Å². The third-order valence-electron chi connectivity index (χ3n) is 6.40. The summed E-state index contributed by atoms with van der Waals surface area (Å²) in [5.74, 6) is 0.330. The molecule has 1 fully saturated rings. The number of nitrogens with zero attached hydrogens (tertiary/aromatic N) is 4. The van der Waals surface area contributed by atoms with E-state index in [1.165, 1.54) is 14.7 Å². The number of benzene rings is 1. The van der Waals surface area contributed by atoms with Crippen LogP contribution in [0.25, 0.3) is 27.7 Å². The summed E-state index contributed by atoms with van der Waals surface area (Å²) in [4.78, 5) is 24.8. The lowest BCUT2D eigenvalue weighted by atomic mass is 10.1. The number of rotatable bonds is 3. The molecule has 1 aromatic carbocycles. The van der Waals surface area contributed by atoms with Gasteiger partial charge in [-0.2, -0.15) is 0 Å². The molecule has 4 aromatic rings. The Bertz CT molecular complexity index is 1390. The van der Waals surface area contributed by atoms with E-state index in [2.05, 4.69) is 71.4 Å². The normalized spacial score (nSPS) is 16.5. The Labute approximate surface area is 194 Å². The van der Waals surface area contributed by atoms with Crippen molar-refractivity contribution in [1.82, 2.24) is 19.7 Å². The Kier molecular flexibility index (Phi) is 4.88. The summed E-state index contributed by atoms with van der Waals surface area (Å²) in [5.41, 5.74) is 7.32. The highest BCUT2D eigenvalue weighted by molar-refractivity contribution is 14.1. The van der Waals surface area contributed by atoms with Crippen LogP contribution in [0.15, 0.2) is 40.6 Å². The summed E-state index contributed by atoms with van der Waals surface area (Å²) in [6.45, 7) is 10.2. The van der Waals surface area contributed by atoms with E-state index in [1.54, 1.807) is 7.05 Å². The Morgan fingerprint density at radius 2 is 2.00 bits per heavy atom. The van der Waals surface area contributed by atoms with Crippen LogP contribution in [-0.2, 0) is 0 Å². The average molecular weight is 525 g/mol. The average Bonchev–Trinajstić information content (AvgIpc) is 3.38. The van der Waals surface area contributed by atoms with E-state index in [-0.39, 0.29) is 5.91 Å². The molecule has 3 aromatic heterocycles. The fourth-order valence-electron chi connectivity index (χ4n) is 4.52. The minimum absolute atomic E-state index is 0.148. The van der Waals surface area contributed by atoms with Crippen LogP contribution >= 0.6 is 22.6 Å². The number of aryl methyl sites for hydroxylation is 2. The van der Waals surface area contributed by atoms with Crippen LogP contribution in [0.1, 0.15) is 27.9 Å². The third-order valence-corrected chi connectivity index (χ3v) is 7.28. The highest BCUT2D eigenvalue weighted by Crippen LogP contribution is 2.36. The van der Waals surface area contributed by atoms with E-state index < -0.39 is 0 Å². The summed E-state index contributed by atoms with van der Waals surface area (Å²) in [6.07, 6.45) is 2.94. The van der Waals surface area contributed by atoms with Gasteiger partial charge in [0.2, 0.25) is 0 Å². The topological polar surface area (TPSA) is 62.5 Å². The quantitative estimate of drug-likeness (QED) is 0.391. The number of fused-ring (bicyclic) bond motifs is 5. The second kappa shape index (κ2) is 7.47. The Balaban J connectivity index is 1.85. The molecule has 1 saturated heterocycles. The molecule has 1 amide bonds. The first-order valence-corrected chi connectivity index (χ1v) is 11.5. The Morgan fingerprint density at radius 1 is 1.23 bits per heavy atom. The number of hydrogen-bond acceptors (Lipinski definition) is 4. The summed E-state index contributed by atoms with van der Waals surface area (Å²) in [5, 5.41) is 3.74. The van der Waals surface area contributed by atoms with Crippen LogP contribution in [0.3, 0.4) is 0 Å². The van der Waals surface area contributed by atoms with Crippen molar-refractivity contribution in [1.29, 1.82) is 0 Å². The van der Waals surface area contributed by atoms with E-state index in [1.807, 2.05) is 16.7 Å². The highest BCUT2D eigenvalue weighted by Gasteiger charge is 2.27. The van der Waals surface area contributed by atoms with Gasteiger partial charge in [-0.1, -0.05) is 6.58 Å². The van der Waals surface area contributed by atoms with Gasteiger partial charge in [-0.05, 0) is 81.8 Å². The van der Waals surface area contributed by atoms with E-state index in [9.17, 15) is 4.79 Å². The minimum Gasteiger partial charge on any atom is -0.370 e. The SMILES string of the molecule is C=C(I)C1CCN(c2ccnc3c2cc(C(=O)NC)c2nc4cc(C)c(C)cc4n23)C1. The molecule has 0 aliphatic carbocycles. The number of halogens is 1. The molecule has 0 spiro atoms. The molecule has 4 heterocycles. The van der Waals surface area contributed by atoms with Crippen LogP contribution in [0, 0.1) is 19.8 Å². The summed E-state index contributed by atoms with van der Waals surface area (Å²) in [7, 11) is 1.65. The molecule has 0 bridgehead atoms. The number of carbonyl (C=O) groups excluding carboxylic acids is 1. The second-order valence-corrected chi connectivity index (χ2v) is 9.66. The van der Waals surface area contributed by atoms with Crippen molar-refractivity contribution >= 4 is 61.9 Å². The molecule has 1 aliphatic rings. The molecule has 1 unspecified atom stereocenters. The number of carbonyl (C=O) groups is 1. The van der Waals surface area contributed by atoms with Crippen molar-refractivity contribution in [2.45, 2.75) is 20.3 Å². The molecule has 1 N–H and O–H groups in total. The zero-order chi connectivity index (χ0) is 21.9. The van der Waals surface area contributed by atoms with Gasteiger partial charge in [0, 0.05) is 43.3 Å². The van der Waals surface area contributed by atoms with Gasteiger partial charge < -0.3 is 10.2 Å². The minimum atomic E-state index is -0.148. The Hall–Kier alpha value is -2.68. The fraction of sp³-hybridized carbons (Fsp3) is 0.292. The van der Waals surface area contributed by atoms with Crippen molar-refractivity contribution in [2.75, 3.05) is 25.0 Å². The molecule has 31 heavy (non-hydrogen) atoms. The lowest BCUT2D eigenvalue weighted by Gasteiger charge is -2.21. The first-order valence-electron chi connectivity index (χ1n) is 10.4. The van der Waals surface area contributed by atoms with Crippen molar-refractivity contribution < 1.29 is 4.79 Å². The van der Waals surface area contributed by atoms with Gasteiger partial charge in [0.15, 0.2) is 5.65 Å². The van der Waals surface area contributed by atoms with Gasteiger partial charge in [-0.25, -0.2) is 9.97 Å². The van der Waals surface area contributed by atoms with Crippen molar-refractivity contribution in [3.05, 3.63) is 57.3 Å². The monoisotopic (exact) mass is 525 g/mol. The van der Waals surface area contributed by atoms with Crippen molar-refractivity contribution in [3.63, 3.8) is 0 Å². The largest absolute Gasteiger partial charge is 0.370 e. The highest BCUT2D eigenvalue weighted by atomic mass is 127. The Morgan fingerprint density at radius 3 is 2.71 bits per heavy atom. The van der Waals surface area contributed by atoms with Gasteiger partial charge in [-0.15, -0.1) is 0 Å². The predicted molar refractivity (Wildman–Crippen MR) is 134 cm³/mol. The first kappa shape index (κ1) is 20.2. The zero-order valence-corrected chi connectivity index (χ0v) is 20.0. The van der Waals surface area contributed by atoms with Crippen LogP contribution in [-0.4, -0.2) is 40.4 Å². The lowest BCUT2D eigenvalue weighted by Crippen LogP contribution is -2.21.